The Hall–Kier alpha value is -1.77. The van der Waals surface area contributed by atoms with Crippen LogP contribution in [0.25, 0.3) is 10.8 Å². The first kappa shape index (κ1) is 13.2. The number of anilines is 1. The van der Waals surface area contributed by atoms with Crippen LogP contribution >= 0.6 is 0 Å². The molecule has 0 bridgehead atoms. The Morgan fingerprint density at radius 2 is 2.00 bits per heavy atom. The summed E-state index contributed by atoms with van der Waals surface area (Å²) in [7, 11) is 0. The monoisotopic (exact) mass is 270 g/mol. The van der Waals surface area contributed by atoms with E-state index in [1.165, 1.54) is 19.3 Å². The van der Waals surface area contributed by atoms with Crippen LogP contribution in [-0.4, -0.2) is 4.57 Å². The summed E-state index contributed by atoms with van der Waals surface area (Å²) in [4.78, 5) is 12.8. The molecule has 3 heteroatoms. The maximum atomic E-state index is 12.8. The van der Waals surface area contributed by atoms with Gasteiger partial charge in [0.15, 0.2) is 0 Å². The second kappa shape index (κ2) is 5.31. The van der Waals surface area contributed by atoms with Crippen LogP contribution < -0.4 is 11.3 Å². The predicted octanol–water partition coefficient (Wildman–Crippen LogP) is 3.73. The van der Waals surface area contributed by atoms with Crippen LogP contribution in [-0.2, 0) is 0 Å². The van der Waals surface area contributed by atoms with E-state index in [0.717, 1.165) is 23.6 Å². The molecule has 1 fully saturated rings. The van der Waals surface area contributed by atoms with E-state index in [9.17, 15) is 4.79 Å². The number of nitrogens with two attached hydrogens (primary N) is 1. The predicted molar refractivity (Wildman–Crippen MR) is 83.9 cm³/mol. The lowest BCUT2D eigenvalue weighted by Crippen LogP contribution is -2.33. The number of nitrogens with zero attached hydrogens (tertiary/aromatic N) is 1. The third-order valence-corrected chi connectivity index (χ3v) is 4.72. The van der Waals surface area contributed by atoms with Gasteiger partial charge in [0.25, 0.3) is 5.56 Å². The summed E-state index contributed by atoms with van der Waals surface area (Å²) >= 11 is 0. The number of fused-ring (bicyclic) bond motifs is 1. The summed E-state index contributed by atoms with van der Waals surface area (Å²) in [6.07, 6.45) is 5.86. The SMILES string of the molecule is CCC1CCCCC1n1c(N)cc2ccccc2c1=O. The lowest BCUT2D eigenvalue weighted by molar-refractivity contribution is 0.231. The molecule has 106 valence electrons. The lowest BCUT2D eigenvalue weighted by atomic mass is 9.82. The normalized spacial score (nSPS) is 23.1. The lowest BCUT2D eigenvalue weighted by Gasteiger charge is -2.33. The van der Waals surface area contributed by atoms with E-state index in [-0.39, 0.29) is 11.6 Å². The molecule has 3 nitrogen and oxygen atoms in total. The zero-order valence-electron chi connectivity index (χ0n) is 12.0. The molecule has 0 amide bonds. The van der Waals surface area contributed by atoms with E-state index in [1.54, 1.807) is 0 Å². The molecule has 1 aliphatic rings. The summed E-state index contributed by atoms with van der Waals surface area (Å²) in [5.41, 5.74) is 6.27. The largest absolute Gasteiger partial charge is 0.385 e. The number of aromatic nitrogens is 1. The van der Waals surface area contributed by atoms with Gasteiger partial charge in [-0.05, 0) is 36.3 Å². The van der Waals surface area contributed by atoms with Crippen LogP contribution in [0.1, 0.15) is 45.1 Å². The maximum Gasteiger partial charge on any atom is 0.260 e. The fourth-order valence-electron chi connectivity index (χ4n) is 3.64. The first-order valence-electron chi connectivity index (χ1n) is 7.62. The van der Waals surface area contributed by atoms with Gasteiger partial charge in [-0.1, -0.05) is 44.4 Å². The molecular weight excluding hydrogens is 248 g/mol. The van der Waals surface area contributed by atoms with Crippen molar-refractivity contribution in [1.82, 2.24) is 4.57 Å². The number of hydrogen-bond donors (Lipinski definition) is 1. The van der Waals surface area contributed by atoms with Crippen LogP contribution in [0, 0.1) is 5.92 Å². The van der Waals surface area contributed by atoms with Crippen LogP contribution in [0.5, 0.6) is 0 Å². The Morgan fingerprint density at radius 1 is 1.25 bits per heavy atom. The zero-order chi connectivity index (χ0) is 14.1. The standard InChI is InChI=1S/C17H22N2O/c1-2-12-7-4-6-10-15(12)19-16(18)11-13-8-3-5-9-14(13)17(19)20/h3,5,8-9,11-12,15H,2,4,6-7,10,18H2,1H3. The summed E-state index contributed by atoms with van der Waals surface area (Å²) in [6, 6.07) is 9.93. The number of pyridine rings is 1. The Bertz CT molecular complexity index is 674. The highest BCUT2D eigenvalue weighted by atomic mass is 16.1. The minimum absolute atomic E-state index is 0.0750. The van der Waals surface area contributed by atoms with Gasteiger partial charge in [-0.3, -0.25) is 9.36 Å². The molecule has 20 heavy (non-hydrogen) atoms. The zero-order valence-corrected chi connectivity index (χ0v) is 12.0. The first-order valence-corrected chi connectivity index (χ1v) is 7.62. The quantitative estimate of drug-likeness (QED) is 0.904. The highest BCUT2D eigenvalue weighted by molar-refractivity contribution is 5.83. The average Bonchev–Trinajstić information content (AvgIpc) is 2.48. The average molecular weight is 270 g/mol. The number of hydrogen-bond acceptors (Lipinski definition) is 2. The molecule has 2 aromatic rings. The van der Waals surface area contributed by atoms with Gasteiger partial charge in [0, 0.05) is 11.4 Å². The summed E-state index contributed by atoms with van der Waals surface area (Å²) in [5.74, 6) is 1.18. The molecule has 2 unspecified atom stereocenters. The summed E-state index contributed by atoms with van der Waals surface area (Å²) in [5, 5.41) is 1.72. The van der Waals surface area contributed by atoms with Crippen molar-refractivity contribution < 1.29 is 0 Å². The van der Waals surface area contributed by atoms with Crippen molar-refractivity contribution in [1.29, 1.82) is 0 Å². The van der Waals surface area contributed by atoms with E-state index in [0.29, 0.717) is 11.7 Å². The van der Waals surface area contributed by atoms with Crippen LogP contribution in [0.4, 0.5) is 5.82 Å². The highest BCUT2D eigenvalue weighted by Crippen LogP contribution is 2.36. The molecule has 1 saturated carbocycles. The van der Waals surface area contributed by atoms with Crippen molar-refractivity contribution in [2.75, 3.05) is 5.73 Å². The van der Waals surface area contributed by atoms with Gasteiger partial charge >= 0.3 is 0 Å². The van der Waals surface area contributed by atoms with Crippen molar-refractivity contribution in [2.24, 2.45) is 5.92 Å². The summed E-state index contributed by atoms with van der Waals surface area (Å²) in [6.45, 7) is 2.21. The Labute approximate surface area is 119 Å². The van der Waals surface area contributed by atoms with Gasteiger partial charge in [-0.15, -0.1) is 0 Å². The van der Waals surface area contributed by atoms with Crippen LogP contribution in [0.2, 0.25) is 0 Å². The van der Waals surface area contributed by atoms with Gasteiger partial charge < -0.3 is 5.73 Å². The van der Waals surface area contributed by atoms with E-state index < -0.39 is 0 Å². The van der Waals surface area contributed by atoms with Crippen molar-refractivity contribution in [3.63, 3.8) is 0 Å². The molecule has 0 radical (unpaired) electrons. The molecule has 1 aliphatic carbocycles. The molecule has 0 spiro atoms. The minimum Gasteiger partial charge on any atom is -0.385 e. The van der Waals surface area contributed by atoms with Crippen LogP contribution in [0.3, 0.4) is 0 Å². The summed E-state index contributed by atoms with van der Waals surface area (Å²) < 4.78 is 1.86. The third-order valence-electron chi connectivity index (χ3n) is 4.72. The van der Waals surface area contributed by atoms with Gasteiger partial charge in [0.05, 0.1) is 0 Å². The highest BCUT2D eigenvalue weighted by Gasteiger charge is 2.27. The fourth-order valence-corrected chi connectivity index (χ4v) is 3.64. The molecule has 0 aliphatic heterocycles. The Balaban J connectivity index is 2.17. The van der Waals surface area contributed by atoms with Gasteiger partial charge in [0.2, 0.25) is 0 Å². The first-order chi connectivity index (χ1) is 9.72. The second-order valence-electron chi connectivity index (χ2n) is 5.85. The van der Waals surface area contributed by atoms with E-state index in [1.807, 2.05) is 34.9 Å². The molecule has 0 saturated heterocycles. The molecule has 2 N–H and O–H groups in total. The topological polar surface area (TPSA) is 48.0 Å². The van der Waals surface area contributed by atoms with Gasteiger partial charge in [0.1, 0.15) is 5.82 Å². The molecule has 1 heterocycles. The van der Waals surface area contributed by atoms with Crippen LogP contribution in [0.15, 0.2) is 35.1 Å². The molecule has 2 atom stereocenters. The Kier molecular flexibility index (Phi) is 3.51. The molecule has 3 rings (SSSR count). The van der Waals surface area contributed by atoms with Gasteiger partial charge in [-0.2, -0.15) is 0 Å². The molecular formula is C17H22N2O. The Morgan fingerprint density at radius 3 is 2.80 bits per heavy atom. The molecule has 1 aromatic heterocycles. The third kappa shape index (κ3) is 2.11. The van der Waals surface area contributed by atoms with Crippen molar-refractivity contribution in [3.8, 4) is 0 Å². The maximum absolute atomic E-state index is 12.8. The smallest absolute Gasteiger partial charge is 0.260 e. The van der Waals surface area contributed by atoms with E-state index in [2.05, 4.69) is 6.92 Å². The van der Waals surface area contributed by atoms with E-state index in [4.69, 9.17) is 5.73 Å². The van der Waals surface area contributed by atoms with Crippen molar-refractivity contribution >= 4 is 16.6 Å². The fraction of sp³-hybridized carbons (Fsp3) is 0.471. The minimum atomic E-state index is 0.0750. The van der Waals surface area contributed by atoms with Crippen molar-refractivity contribution in [2.45, 2.75) is 45.1 Å². The number of benzene rings is 1. The van der Waals surface area contributed by atoms with Crippen molar-refractivity contribution in [3.05, 3.63) is 40.7 Å². The number of nitrogen functional groups attached to an aromatic ring is 1. The second-order valence-corrected chi connectivity index (χ2v) is 5.85. The van der Waals surface area contributed by atoms with Gasteiger partial charge in [-0.25, -0.2) is 0 Å². The number of rotatable bonds is 2. The molecule has 1 aromatic carbocycles. The van der Waals surface area contributed by atoms with E-state index >= 15 is 0 Å².